The van der Waals surface area contributed by atoms with Gasteiger partial charge in [-0.1, -0.05) is 54.6 Å². The third-order valence-corrected chi connectivity index (χ3v) is 3.85. The highest BCUT2D eigenvalue weighted by Crippen LogP contribution is 2.31. The molecular formula is C17H17NO2. The predicted molar refractivity (Wildman–Crippen MR) is 77.4 cm³/mol. The normalized spacial score (nSPS) is 18.5. The van der Waals surface area contributed by atoms with E-state index in [9.17, 15) is 9.90 Å². The van der Waals surface area contributed by atoms with Crippen LogP contribution in [-0.4, -0.2) is 22.5 Å². The van der Waals surface area contributed by atoms with Crippen LogP contribution >= 0.6 is 0 Å². The van der Waals surface area contributed by atoms with Crippen molar-refractivity contribution in [2.45, 2.75) is 19.0 Å². The number of carbonyl (C=O) groups is 1. The molecule has 2 aromatic rings. The van der Waals surface area contributed by atoms with Crippen LogP contribution in [-0.2, 0) is 17.8 Å². The molecule has 1 N–H and O–H groups in total. The van der Waals surface area contributed by atoms with Crippen LogP contribution in [0.2, 0.25) is 0 Å². The zero-order chi connectivity index (χ0) is 13.9. The van der Waals surface area contributed by atoms with Gasteiger partial charge in [-0.25, -0.2) is 0 Å². The number of aliphatic carboxylic acids is 1. The molecule has 102 valence electrons. The van der Waals surface area contributed by atoms with Crippen molar-refractivity contribution in [3.05, 3.63) is 71.3 Å². The Hall–Kier alpha value is -2.13. The van der Waals surface area contributed by atoms with Crippen molar-refractivity contribution in [2.75, 3.05) is 6.54 Å². The van der Waals surface area contributed by atoms with Gasteiger partial charge in [-0.05, 0) is 23.1 Å². The van der Waals surface area contributed by atoms with E-state index < -0.39 is 12.0 Å². The molecule has 0 saturated carbocycles. The first-order valence-corrected chi connectivity index (χ1v) is 6.84. The minimum atomic E-state index is -0.770. The summed E-state index contributed by atoms with van der Waals surface area (Å²) in [5, 5.41) is 9.59. The third kappa shape index (κ3) is 2.45. The molecule has 3 rings (SSSR count). The zero-order valence-electron chi connectivity index (χ0n) is 11.2. The molecule has 0 fully saturated rings. The Morgan fingerprint density at radius 2 is 1.80 bits per heavy atom. The first-order chi connectivity index (χ1) is 9.75. The molecule has 0 radical (unpaired) electrons. The minimum absolute atomic E-state index is 0.542. The molecule has 1 aliphatic heterocycles. The maximum atomic E-state index is 11.7. The minimum Gasteiger partial charge on any atom is -0.480 e. The average Bonchev–Trinajstić information content (AvgIpc) is 2.47. The molecule has 3 nitrogen and oxygen atoms in total. The Kier molecular flexibility index (Phi) is 3.52. The smallest absolute Gasteiger partial charge is 0.325 e. The second-order valence-electron chi connectivity index (χ2n) is 5.15. The summed E-state index contributed by atoms with van der Waals surface area (Å²) in [6.45, 7) is 1.45. The lowest BCUT2D eigenvalue weighted by atomic mass is 9.92. The molecule has 2 aromatic carbocycles. The van der Waals surface area contributed by atoms with E-state index in [0.29, 0.717) is 6.54 Å². The molecule has 0 aromatic heterocycles. The maximum Gasteiger partial charge on any atom is 0.325 e. The van der Waals surface area contributed by atoms with E-state index in [-0.39, 0.29) is 0 Å². The number of hydrogen-bond donors (Lipinski definition) is 1. The lowest BCUT2D eigenvalue weighted by Gasteiger charge is -2.34. The van der Waals surface area contributed by atoms with Crippen molar-refractivity contribution in [1.82, 2.24) is 4.90 Å². The molecule has 0 saturated heterocycles. The molecule has 0 aliphatic carbocycles. The SMILES string of the molecule is O=C(O)C1c2ccccc2CCN1Cc1ccccc1. The summed E-state index contributed by atoms with van der Waals surface area (Å²) >= 11 is 0. The maximum absolute atomic E-state index is 11.7. The van der Waals surface area contributed by atoms with Gasteiger partial charge in [0.05, 0.1) is 0 Å². The Labute approximate surface area is 118 Å². The highest BCUT2D eigenvalue weighted by molar-refractivity contribution is 5.76. The van der Waals surface area contributed by atoms with Crippen LogP contribution in [0.5, 0.6) is 0 Å². The number of benzene rings is 2. The Balaban J connectivity index is 1.91. The molecular weight excluding hydrogens is 250 g/mol. The summed E-state index contributed by atoms with van der Waals surface area (Å²) in [7, 11) is 0. The van der Waals surface area contributed by atoms with Gasteiger partial charge < -0.3 is 5.11 Å². The van der Waals surface area contributed by atoms with Crippen LogP contribution in [0, 0.1) is 0 Å². The van der Waals surface area contributed by atoms with Crippen LogP contribution in [0.4, 0.5) is 0 Å². The first-order valence-electron chi connectivity index (χ1n) is 6.84. The highest BCUT2D eigenvalue weighted by Gasteiger charge is 2.32. The van der Waals surface area contributed by atoms with Crippen molar-refractivity contribution >= 4 is 5.97 Å². The van der Waals surface area contributed by atoms with Crippen LogP contribution in [0.1, 0.15) is 22.7 Å². The van der Waals surface area contributed by atoms with E-state index >= 15 is 0 Å². The molecule has 1 atom stereocenters. The van der Waals surface area contributed by atoms with Crippen molar-refractivity contribution in [2.24, 2.45) is 0 Å². The van der Waals surface area contributed by atoms with Gasteiger partial charge in [0.1, 0.15) is 6.04 Å². The standard InChI is InChI=1S/C17H17NO2/c19-17(20)16-15-9-5-4-8-14(15)10-11-18(16)12-13-6-2-1-3-7-13/h1-9,16H,10-12H2,(H,19,20). The quantitative estimate of drug-likeness (QED) is 0.929. The summed E-state index contributed by atoms with van der Waals surface area (Å²) in [5.74, 6) is -0.770. The van der Waals surface area contributed by atoms with E-state index in [2.05, 4.69) is 0 Å². The number of nitrogens with zero attached hydrogens (tertiary/aromatic N) is 1. The Morgan fingerprint density at radius 3 is 2.55 bits per heavy atom. The van der Waals surface area contributed by atoms with Gasteiger partial charge in [0.2, 0.25) is 0 Å². The topological polar surface area (TPSA) is 40.5 Å². The number of fused-ring (bicyclic) bond motifs is 1. The number of carboxylic acids is 1. The predicted octanol–water partition coefficient (Wildman–Crippen LogP) is 2.87. The van der Waals surface area contributed by atoms with Crippen molar-refractivity contribution in [3.8, 4) is 0 Å². The van der Waals surface area contributed by atoms with E-state index in [0.717, 1.165) is 29.7 Å². The van der Waals surface area contributed by atoms with Gasteiger partial charge in [-0.2, -0.15) is 0 Å². The average molecular weight is 267 g/mol. The van der Waals surface area contributed by atoms with Crippen LogP contribution in [0.25, 0.3) is 0 Å². The second kappa shape index (κ2) is 5.47. The lowest BCUT2D eigenvalue weighted by molar-refractivity contribution is -0.144. The van der Waals surface area contributed by atoms with Gasteiger partial charge in [-0.3, -0.25) is 9.69 Å². The van der Waals surface area contributed by atoms with Crippen molar-refractivity contribution < 1.29 is 9.90 Å². The lowest BCUT2D eigenvalue weighted by Crippen LogP contribution is -2.39. The highest BCUT2D eigenvalue weighted by atomic mass is 16.4. The van der Waals surface area contributed by atoms with E-state index in [1.54, 1.807) is 0 Å². The number of rotatable bonds is 3. The number of carboxylic acid groups (broad SMARTS) is 1. The van der Waals surface area contributed by atoms with Crippen LogP contribution < -0.4 is 0 Å². The summed E-state index contributed by atoms with van der Waals surface area (Å²) in [4.78, 5) is 13.7. The van der Waals surface area contributed by atoms with Crippen LogP contribution in [0.15, 0.2) is 54.6 Å². The first kappa shape index (κ1) is 12.9. The van der Waals surface area contributed by atoms with Crippen LogP contribution in [0.3, 0.4) is 0 Å². The van der Waals surface area contributed by atoms with Crippen molar-refractivity contribution in [3.63, 3.8) is 0 Å². The third-order valence-electron chi connectivity index (χ3n) is 3.85. The summed E-state index contributed by atoms with van der Waals surface area (Å²) in [5.41, 5.74) is 3.24. The molecule has 1 aliphatic rings. The fraction of sp³-hybridized carbons (Fsp3) is 0.235. The van der Waals surface area contributed by atoms with Crippen molar-refractivity contribution in [1.29, 1.82) is 0 Å². The Morgan fingerprint density at radius 1 is 1.10 bits per heavy atom. The fourth-order valence-electron chi connectivity index (χ4n) is 2.90. The van der Waals surface area contributed by atoms with E-state index in [4.69, 9.17) is 0 Å². The molecule has 0 amide bonds. The molecule has 3 heteroatoms. The molecule has 0 spiro atoms. The van der Waals surface area contributed by atoms with Gasteiger partial charge >= 0.3 is 5.97 Å². The Bertz CT molecular complexity index is 609. The zero-order valence-corrected chi connectivity index (χ0v) is 11.2. The summed E-state index contributed by atoms with van der Waals surface area (Å²) < 4.78 is 0. The second-order valence-corrected chi connectivity index (χ2v) is 5.15. The summed E-state index contributed by atoms with van der Waals surface area (Å²) in [6.07, 6.45) is 0.910. The van der Waals surface area contributed by atoms with E-state index in [1.807, 2.05) is 59.5 Å². The summed E-state index contributed by atoms with van der Waals surface area (Å²) in [6, 6.07) is 17.4. The van der Waals surface area contributed by atoms with Gasteiger partial charge in [0.15, 0.2) is 0 Å². The monoisotopic (exact) mass is 267 g/mol. The fourth-order valence-corrected chi connectivity index (χ4v) is 2.90. The molecule has 1 unspecified atom stereocenters. The molecule has 20 heavy (non-hydrogen) atoms. The van der Waals surface area contributed by atoms with E-state index in [1.165, 1.54) is 0 Å². The number of hydrogen-bond acceptors (Lipinski definition) is 2. The molecule has 0 bridgehead atoms. The van der Waals surface area contributed by atoms with Gasteiger partial charge in [0, 0.05) is 13.1 Å². The molecule has 1 heterocycles. The van der Waals surface area contributed by atoms with Gasteiger partial charge in [-0.15, -0.1) is 0 Å². The largest absolute Gasteiger partial charge is 0.480 e. The van der Waals surface area contributed by atoms with Gasteiger partial charge in [0.25, 0.3) is 0 Å².